The molecule has 138 valence electrons. The zero-order chi connectivity index (χ0) is 18.9. The van der Waals surface area contributed by atoms with Gasteiger partial charge in [-0.2, -0.15) is 39.1 Å². The van der Waals surface area contributed by atoms with Crippen LogP contribution in [0.4, 0.5) is 26.3 Å². The van der Waals surface area contributed by atoms with Crippen LogP contribution in [0.25, 0.3) is 0 Å². The average Bonchev–Trinajstić information content (AvgIpc) is 2.36. The number of halogens is 6. The molecule has 0 saturated heterocycles. The zero-order valence-corrected chi connectivity index (χ0v) is 13.7. The second kappa shape index (κ2) is 7.79. The van der Waals surface area contributed by atoms with Gasteiger partial charge in [0.15, 0.2) is 0 Å². The van der Waals surface area contributed by atoms with Crippen LogP contribution in [-0.4, -0.2) is 55.2 Å². The Kier molecular flexibility index (Phi) is 8.35. The van der Waals surface area contributed by atoms with Gasteiger partial charge in [-0.05, 0) is 0 Å². The van der Waals surface area contributed by atoms with E-state index >= 15 is 0 Å². The number of hydrogen-bond donors (Lipinski definition) is 1. The fourth-order valence-electron chi connectivity index (χ4n) is 1.21. The molecule has 0 aromatic heterocycles. The molecule has 0 heterocycles. The van der Waals surface area contributed by atoms with E-state index in [1.807, 2.05) is 0 Å². The summed E-state index contributed by atoms with van der Waals surface area (Å²) >= 11 is 0. The predicted molar refractivity (Wildman–Crippen MR) is 68.4 cm³/mol. The van der Waals surface area contributed by atoms with Gasteiger partial charge in [-0.25, -0.2) is 8.42 Å². The fourth-order valence-corrected chi connectivity index (χ4v) is 3.11. The first-order valence-electron chi connectivity index (χ1n) is 5.34. The van der Waals surface area contributed by atoms with Crippen molar-refractivity contribution in [2.75, 3.05) is 13.1 Å². The number of sulfonamides is 1. The second-order valence-corrected chi connectivity index (χ2v) is 7.42. The van der Waals surface area contributed by atoms with Crippen LogP contribution in [0.2, 0.25) is 0 Å². The molecular weight excluding hydrogens is 387 g/mol. The molecule has 0 aliphatic rings. The van der Waals surface area contributed by atoms with E-state index in [0.717, 1.165) is 0 Å². The largest absolute Gasteiger partial charge is 1.00 e. The van der Waals surface area contributed by atoms with E-state index in [2.05, 4.69) is 13.2 Å². The first kappa shape index (κ1) is 25.7. The van der Waals surface area contributed by atoms with E-state index < -0.39 is 49.7 Å². The summed E-state index contributed by atoms with van der Waals surface area (Å²) in [4.78, 5) is 0. The molecular formula is C9H12F6LiNO5S2. The molecule has 0 aliphatic heterocycles. The van der Waals surface area contributed by atoms with Crippen LogP contribution in [0.1, 0.15) is 1.43 Å². The first-order valence-corrected chi connectivity index (χ1v) is 8.22. The predicted octanol–water partition coefficient (Wildman–Crippen LogP) is -1.18. The molecule has 1 N–H and O–H groups in total. The van der Waals surface area contributed by atoms with Gasteiger partial charge in [0.2, 0.25) is 0 Å². The Bertz CT molecular complexity index is 675. The van der Waals surface area contributed by atoms with Gasteiger partial charge in [0, 0.05) is 13.1 Å². The minimum absolute atomic E-state index is 0. The van der Waals surface area contributed by atoms with Crippen molar-refractivity contribution in [3.8, 4) is 0 Å². The topological polar surface area (TPSA) is 91.8 Å². The van der Waals surface area contributed by atoms with Crippen molar-refractivity contribution >= 4 is 20.1 Å². The van der Waals surface area contributed by atoms with Crippen molar-refractivity contribution in [2.24, 2.45) is 0 Å². The third-order valence-corrected chi connectivity index (χ3v) is 5.17. The quantitative estimate of drug-likeness (QED) is 0.228. The summed E-state index contributed by atoms with van der Waals surface area (Å²) in [5.74, 6) is -6.97. The number of alkyl halides is 6. The van der Waals surface area contributed by atoms with E-state index in [4.69, 9.17) is 4.55 Å². The first-order chi connectivity index (χ1) is 10.0. The normalized spacial score (nSPS) is 14.2. The second-order valence-electron chi connectivity index (χ2n) is 3.98. The van der Waals surface area contributed by atoms with Crippen LogP contribution in [0, 0.1) is 0 Å². The van der Waals surface area contributed by atoms with E-state index in [9.17, 15) is 43.2 Å². The van der Waals surface area contributed by atoms with Crippen molar-refractivity contribution < 1.29 is 68.0 Å². The molecule has 0 rings (SSSR count). The minimum Gasteiger partial charge on any atom is -1.00 e. The molecule has 0 unspecified atom stereocenters. The third-order valence-electron chi connectivity index (χ3n) is 2.38. The number of rotatable bonds is 9. The van der Waals surface area contributed by atoms with Gasteiger partial charge >= 0.3 is 45.4 Å². The van der Waals surface area contributed by atoms with Crippen molar-refractivity contribution in [2.45, 2.75) is 16.4 Å². The molecule has 0 aromatic rings. The molecule has 15 heteroatoms. The van der Waals surface area contributed by atoms with Crippen molar-refractivity contribution in [3.05, 3.63) is 25.3 Å². The summed E-state index contributed by atoms with van der Waals surface area (Å²) in [7, 11) is -13.5. The van der Waals surface area contributed by atoms with Crippen LogP contribution in [0.15, 0.2) is 25.3 Å². The maximum Gasteiger partial charge on any atom is 1.00 e. The van der Waals surface area contributed by atoms with Gasteiger partial charge in [0.1, 0.15) is 0 Å². The van der Waals surface area contributed by atoms with Gasteiger partial charge in [-0.1, -0.05) is 12.2 Å². The molecule has 24 heavy (non-hydrogen) atoms. The zero-order valence-electron chi connectivity index (χ0n) is 13.1. The molecule has 0 amide bonds. The van der Waals surface area contributed by atoms with Gasteiger partial charge in [0.05, 0.1) is 0 Å². The van der Waals surface area contributed by atoms with Gasteiger partial charge in [-0.3, -0.25) is 4.55 Å². The summed E-state index contributed by atoms with van der Waals surface area (Å²) in [5, 5.41) is -13.3. The molecule has 0 saturated carbocycles. The average molecular weight is 399 g/mol. The molecule has 0 fully saturated rings. The van der Waals surface area contributed by atoms with Crippen LogP contribution >= 0.6 is 0 Å². The third kappa shape index (κ3) is 4.00. The van der Waals surface area contributed by atoms with E-state index in [0.29, 0.717) is 12.2 Å². The molecule has 0 aromatic carbocycles. The Morgan fingerprint density at radius 3 is 1.50 bits per heavy atom. The van der Waals surface area contributed by atoms with Gasteiger partial charge in [0.25, 0.3) is 10.0 Å². The smallest absolute Gasteiger partial charge is 1.00 e. The fraction of sp³-hybridized carbons (Fsp3) is 0.556. The summed E-state index contributed by atoms with van der Waals surface area (Å²) in [5.41, 5.74) is 0. The number of hydrogen-bond acceptors (Lipinski definition) is 4. The van der Waals surface area contributed by atoms with Crippen molar-refractivity contribution in [1.82, 2.24) is 4.31 Å². The Balaban J connectivity index is -0.00000242. The van der Waals surface area contributed by atoms with E-state index in [-0.39, 0.29) is 24.6 Å². The summed E-state index contributed by atoms with van der Waals surface area (Å²) in [6.07, 6.45) is 1.38. The minimum atomic E-state index is -7.04. The summed E-state index contributed by atoms with van der Waals surface area (Å²) < 4.78 is 131. The van der Waals surface area contributed by atoms with Crippen LogP contribution in [-0.2, 0) is 20.1 Å². The molecule has 0 radical (unpaired) electrons. The van der Waals surface area contributed by atoms with E-state index in [1.54, 1.807) is 0 Å². The SMILES string of the molecule is C=CCN(CC=C)S(=O)(=O)C(F)(F)C(F)(F)C(F)(F)S(=O)(=O)O.[H-].[Li+]. The Morgan fingerprint density at radius 1 is 0.917 bits per heavy atom. The maximum atomic E-state index is 13.6. The molecule has 0 aliphatic carbocycles. The van der Waals surface area contributed by atoms with Gasteiger partial charge < -0.3 is 1.43 Å². The van der Waals surface area contributed by atoms with Crippen molar-refractivity contribution in [1.29, 1.82) is 0 Å². The Labute approximate surface area is 147 Å². The number of nitrogens with zero attached hydrogens (tertiary/aromatic N) is 1. The summed E-state index contributed by atoms with van der Waals surface area (Å²) in [6, 6.07) is 0. The molecule has 0 spiro atoms. The maximum absolute atomic E-state index is 13.6. The monoisotopic (exact) mass is 399 g/mol. The summed E-state index contributed by atoms with van der Waals surface area (Å²) in [6.45, 7) is 3.99. The van der Waals surface area contributed by atoms with Gasteiger partial charge in [-0.15, -0.1) is 13.2 Å². The molecule has 6 nitrogen and oxygen atoms in total. The van der Waals surface area contributed by atoms with Crippen LogP contribution in [0.3, 0.4) is 0 Å². The van der Waals surface area contributed by atoms with E-state index in [1.165, 1.54) is 0 Å². The molecule has 0 bridgehead atoms. The Morgan fingerprint density at radius 2 is 1.25 bits per heavy atom. The standard InChI is InChI=1S/C9H11F6NO5S2.Li.H/c1-3-5-16(6-4-2)22(17,18)8(12,13)7(10,11)9(14,15)23(19,20)21;;/h3-4H,1-2,5-6H2,(H,19,20,21);;/q;+1;-1. The van der Waals surface area contributed by atoms with Crippen molar-refractivity contribution in [3.63, 3.8) is 0 Å². The Hall–Kier alpha value is -0.523. The van der Waals surface area contributed by atoms with Crippen LogP contribution in [0.5, 0.6) is 0 Å². The van der Waals surface area contributed by atoms with Crippen LogP contribution < -0.4 is 18.9 Å². The molecule has 0 atom stereocenters.